The molecule has 1 saturated carbocycles. The summed E-state index contributed by atoms with van der Waals surface area (Å²) in [6.07, 6.45) is 0.826. The lowest BCUT2D eigenvalue weighted by molar-refractivity contribution is -0.130. The second-order valence-electron chi connectivity index (χ2n) is 4.00. The minimum atomic E-state index is -0.111. The van der Waals surface area contributed by atoms with Crippen molar-refractivity contribution in [2.45, 2.75) is 25.2 Å². The molecule has 1 aromatic carbocycles. The largest absolute Gasteiger partial charge is 0.299 e. The second kappa shape index (κ2) is 4.56. The van der Waals surface area contributed by atoms with E-state index in [-0.39, 0.29) is 23.9 Å². The first kappa shape index (κ1) is 11.6. The van der Waals surface area contributed by atoms with Crippen molar-refractivity contribution < 1.29 is 9.59 Å². The van der Waals surface area contributed by atoms with E-state index in [0.29, 0.717) is 22.9 Å². The zero-order valence-electron chi connectivity index (χ0n) is 8.50. The predicted octanol–water partition coefficient (Wildman–Crippen LogP) is 3.40. The Bertz CT molecular complexity index is 438. The summed E-state index contributed by atoms with van der Waals surface area (Å²) >= 11 is 12.0. The highest BCUT2D eigenvalue weighted by Crippen LogP contribution is 2.36. The van der Waals surface area contributed by atoms with Crippen molar-refractivity contribution in [3.05, 3.63) is 33.8 Å². The number of benzene rings is 1. The molecule has 0 heterocycles. The number of hydrogen-bond donors (Lipinski definition) is 0. The molecule has 2 rings (SSSR count). The fraction of sp³-hybridized carbons (Fsp3) is 0.333. The summed E-state index contributed by atoms with van der Waals surface area (Å²) in [5.74, 6) is -0.144. The van der Waals surface area contributed by atoms with E-state index in [1.165, 1.54) is 0 Å². The van der Waals surface area contributed by atoms with Crippen molar-refractivity contribution in [2.75, 3.05) is 0 Å². The van der Waals surface area contributed by atoms with E-state index in [2.05, 4.69) is 0 Å². The maximum atomic E-state index is 11.4. The van der Waals surface area contributed by atoms with Gasteiger partial charge in [0.05, 0.1) is 16.5 Å². The fourth-order valence-corrected chi connectivity index (χ4v) is 2.50. The van der Waals surface area contributed by atoms with Crippen LogP contribution in [0.15, 0.2) is 18.2 Å². The summed E-state index contributed by atoms with van der Waals surface area (Å²) < 4.78 is 0. The van der Waals surface area contributed by atoms with Crippen LogP contribution < -0.4 is 0 Å². The van der Waals surface area contributed by atoms with Gasteiger partial charge in [0.2, 0.25) is 0 Å². The zero-order chi connectivity index (χ0) is 11.7. The summed E-state index contributed by atoms with van der Waals surface area (Å²) in [6.45, 7) is 0. The van der Waals surface area contributed by atoms with Gasteiger partial charge < -0.3 is 0 Å². The Morgan fingerprint density at radius 1 is 1.06 bits per heavy atom. The molecular weight excluding hydrogens is 247 g/mol. The van der Waals surface area contributed by atoms with Crippen LogP contribution in [-0.4, -0.2) is 11.6 Å². The lowest BCUT2D eigenvalue weighted by atomic mass is 9.83. The van der Waals surface area contributed by atoms with E-state index in [1.54, 1.807) is 12.1 Å². The molecule has 0 bridgehead atoms. The van der Waals surface area contributed by atoms with Gasteiger partial charge in [-0.2, -0.15) is 0 Å². The summed E-state index contributed by atoms with van der Waals surface area (Å²) in [5.41, 5.74) is 0.801. The van der Waals surface area contributed by atoms with E-state index >= 15 is 0 Å². The van der Waals surface area contributed by atoms with Gasteiger partial charge in [-0.3, -0.25) is 9.59 Å². The lowest BCUT2D eigenvalue weighted by Crippen LogP contribution is -2.21. The number of rotatable bonds is 1. The third-order valence-corrected chi connectivity index (χ3v) is 3.60. The molecule has 0 radical (unpaired) electrons. The minimum Gasteiger partial charge on any atom is -0.299 e. The Labute approximate surface area is 104 Å². The first-order valence-corrected chi connectivity index (χ1v) is 5.81. The number of carbonyl (C=O) groups is 2. The topological polar surface area (TPSA) is 34.1 Å². The summed E-state index contributed by atoms with van der Waals surface area (Å²) in [4.78, 5) is 22.7. The maximum Gasteiger partial charge on any atom is 0.140 e. The van der Waals surface area contributed by atoms with Crippen molar-refractivity contribution in [1.82, 2.24) is 0 Å². The Kier molecular flexibility index (Phi) is 3.31. The van der Waals surface area contributed by atoms with Crippen LogP contribution in [0.3, 0.4) is 0 Å². The van der Waals surface area contributed by atoms with Gasteiger partial charge in [-0.15, -0.1) is 0 Å². The molecule has 4 heteroatoms. The van der Waals surface area contributed by atoms with Gasteiger partial charge in [0.1, 0.15) is 11.6 Å². The quantitative estimate of drug-likeness (QED) is 0.722. The van der Waals surface area contributed by atoms with Gasteiger partial charge in [-0.1, -0.05) is 35.3 Å². The molecule has 1 aromatic rings. The Balaban J connectivity index is 2.33. The summed E-state index contributed by atoms with van der Waals surface area (Å²) in [5, 5.41) is 0.918. The SMILES string of the molecule is O=C1CC(=O)CC(c2cccc(Cl)c2Cl)C1. The van der Waals surface area contributed by atoms with Crippen LogP contribution >= 0.6 is 23.2 Å². The average molecular weight is 257 g/mol. The highest BCUT2D eigenvalue weighted by molar-refractivity contribution is 6.42. The molecule has 84 valence electrons. The molecule has 0 aromatic heterocycles. The predicted molar refractivity (Wildman–Crippen MR) is 63.1 cm³/mol. The van der Waals surface area contributed by atoms with E-state index in [0.717, 1.165) is 5.56 Å². The van der Waals surface area contributed by atoms with Crippen LogP contribution in [0.4, 0.5) is 0 Å². The molecule has 16 heavy (non-hydrogen) atoms. The molecule has 0 saturated heterocycles. The molecular formula is C12H10Cl2O2. The number of hydrogen-bond acceptors (Lipinski definition) is 2. The first-order chi connectivity index (χ1) is 7.58. The van der Waals surface area contributed by atoms with Crippen LogP contribution in [0.2, 0.25) is 10.0 Å². The number of carbonyl (C=O) groups excluding carboxylic acids is 2. The Hall–Kier alpha value is -0.860. The van der Waals surface area contributed by atoms with Gasteiger partial charge in [0, 0.05) is 12.8 Å². The molecule has 0 amide bonds. The standard InChI is InChI=1S/C12H10Cl2O2/c13-11-3-1-2-10(12(11)14)7-4-8(15)6-9(16)5-7/h1-3,7H,4-6H2. The molecule has 0 aliphatic heterocycles. The monoisotopic (exact) mass is 256 g/mol. The van der Waals surface area contributed by atoms with Gasteiger partial charge in [-0.25, -0.2) is 0 Å². The summed E-state index contributed by atoms with van der Waals surface area (Å²) in [7, 11) is 0. The van der Waals surface area contributed by atoms with Gasteiger partial charge in [-0.05, 0) is 17.5 Å². The second-order valence-corrected chi connectivity index (χ2v) is 4.79. The third-order valence-electron chi connectivity index (χ3n) is 2.76. The number of ketones is 2. The van der Waals surface area contributed by atoms with Gasteiger partial charge >= 0.3 is 0 Å². The van der Waals surface area contributed by atoms with E-state index in [1.807, 2.05) is 6.07 Å². The van der Waals surface area contributed by atoms with Crippen molar-refractivity contribution in [3.63, 3.8) is 0 Å². The smallest absolute Gasteiger partial charge is 0.140 e. The molecule has 0 N–H and O–H groups in total. The number of Topliss-reactive ketones (excluding diaryl/α,β-unsaturated/α-hetero) is 2. The van der Waals surface area contributed by atoms with Crippen molar-refractivity contribution >= 4 is 34.8 Å². The highest BCUT2D eigenvalue weighted by atomic mass is 35.5. The van der Waals surface area contributed by atoms with Crippen LogP contribution in [0.1, 0.15) is 30.7 Å². The fourth-order valence-electron chi connectivity index (χ4n) is 2.04. The van der Waals surface area contributed by atoms with E-state index < -0.39 is 0 Å². The Morgan fingerprint density at radius 3 is 2.31 bits per heavy atom. The average Bonchev–Trinajstić information content (AvgIpc) is 2.20. The van der Waals surface area contributed by atoms with Crippen LogP contribution in [-0.2, 0) is 9.59 Å². The van der Waals surface area contributed by atoms with Crippen LogP contribution in [0.25, 0.3) is 0 Å². The lowest BCUT2D eigenvalue weighted by Gasteiger charge is -2.21. The number of halogens is 2. The Morgan fingerprint density at radius 2 is 1.69 bits per heavy atom. The molecule has 0 spiro atoms. The highest BCUT2D eigenvalue weighted by Gasteiger charge is 2.28. The molecule has 1 fully saturated rings. The molecule has 1 aliphatic rings. The van der Waals surface area contributed by atoms with E-state index in [4.69, 9.17) is 23.2 Å². The van der Waals surface area contributed by atoms with Gasteiger partial charge in [0.15, 0.2) is 0 Å². The van der Waals surface area contributed by atoms with Crippen molar-refractivity contribution in [1.29, 1.82) is 0 Å². The maximum absolute atomic E-state index is 11.4. The molecule has 2 nitrogen and oxygen atoms in total. The minimum absolute atomic E-state index is 0.0164. The normalized spacial score (nSPS) is 17.9. The zero-order valence-corrected chi connectivity index (χ0v) is 10.0. The molecule has 0 unspecified atom stereocenters. The van der Waals surface area contributed by atoms with Crippen LogP contribution in [0, 0.1) is 0 Å². The van der Waals surface area contributed by atoms with Crippen molar-refractivity contribution in [3.8, 4) is 0 Å². The molecule has 1 aliphatic carbocycles. The summed E-state index contributed by atoms with van der Waals surface area (Å²) in [6, 6.07) is 5.30. The third kappa shape index (κ3) is 2.28. The van der Waals surface area contributed by atoms with Crippen molar-refractivity contribution in [2.24, 2.45) is 0 Å². The molecule has 0 atom stereocenters. The van der Waals surface area contributed by atoms with E-state index in [9.17, 15) is 9.59 Å². The van der Waals surface area contributed by atoms with Gasteiger partial charge in [0.25, 0.3) is 0 Å². The first-order valence-electron chi connectivity index (χ1n) is 5.05. The van der Waals surface area contributed by atoms with Crippen LogP contribution in [0.5, 0.6) is 0 Å².